The normalized spacial score (nSPS) is 15.2. The van der Waals surface area contributed by atoms with Crippen molar-refractivity contribution < 1.29 is 9.59 Å². The summed E-state index contributed by atoms with van der Waals surface area (Å²) in [5.41, 5.74) is 18.1. The number of carbonyl (C=O) groups is 2. The van der Waals surface area contributed by atoms with Crippen molar-refractivity contribution in [2.24, 2.45) is 11.5 Å². The number of hydrogen-bond donors (Lipinski definition) is 3. The third-order valence-corrected chi connectivity index (χ3v) is 3.71. The number of nitrogens with zero attached hydrogens (tertiary/aromatic N) is 1. The maximum atomic E-state index is 11.6. The van der Waals surface area contributed by atoms with Gasteiger partial charge in [0.05, 0.1) is 23.5 Å². The Morgan fingerprint density at radius 3 is 2.40 bits per heavy atom. The molecule has 0 spiro atoms. The summed E-state index contributed by atoms with van der Waals surface area (Å²) in [6.45, 7) is 0.0408. The summed E-state index contributed by atoms with van der Waals surface area (Å²) in [5.74, 6) is -1.00. The molecule has 0 aromatic heterocycles. The molecule has 6 heteroatoms. The molecule has 2 rings (SSSR count). The predicted octanol–water partition coefficient (Wildman–Crippen LogP) is 0.602. The molecule has 6 nitrogen and oxygen atoms in total. The first-order valence-corrected chi connectivity index (χ1v) is 6.74. The van der Waals surface area contributed by atoms with Gasteiger partial charge in [0.2, 0.25) is 5.91 Å². The lowest BCUT2D eigenvalue weighted by Crippen LogP contribution is -2.41. The smallest absolute Gasteiger partial charge is 0.250 e. The summed E-state index contributed by atoms with van der Waals surface area (Å²) in [6, 6.07) is 5.17. The molecule has 1 aliphatic rings. The number of nitrogens with two attached hydrogens (primary N) is 3. The number of carbonyl (C=O) groups excluding carboxylic acids is 2. The van der Waals surface area contributed by atoms with Gasteiger partial charge in [-0.3, -0.25) is 9.59 Å². The zero-order valence-corrected chi connectivity index (χ0v) is 11.3. The molecule has 1 aromatic rings. The monoisotopic (exact) mass is 276 g/mol. The number of amides is 2. The molecule has 1 saturated carbocycles. The van der Waals surface area contributed by atoms with E-state index in [-0.39, 0.29) is 12.6 Å². The zero-order chi connectivity index (χ0) is 14.7. The zero-order valence-electron chi connectivity index (χ0n) is 11.3. The van der Waals surface area contributed by atoms with Gasteiger partial charge in [0.15, 0.2) is 0 Å². The average Bonchev–Trinajstić information content (AvgIpc) is 2.89. The molecule has 6 N–H and O–H groups in total. The van der Waals surface area contributed by atoms with Gasteiger partial charge in [-0.05, 0) is 25.0 Å². The van der Waals surface area contributed by atoms with Crippen LogP contribution in [-0.2, 0) is 4.79 Å². The van der Waals surface area contributed by atoms with Gasteiger partial charge in [0, 0.05) is 6.04 Å². The molecule has 0 unspecified atom stereocenters. The van der Waals surface area contributed by atoms with Crippen molar-refractivity contribution in [1.29, 1.82) is 0 Å². The van der Waals surface area contributed by atoms with Gasteiger partial charge in [-0.2, -0.15) is 0 Å². The molecule has 108 valence electrons. The van der Waals surface area contributed by atoms with E-state index in [1.807, 2.05) is 4.90 Å². The number of primary amides is 2. The Morgan fingerprint density at radius 1 is 1.20 bits per heavy atom. The van der Waals surface area contributed by atoms with Gasteiger partial charge in [-0.25, -0.2) is 0 Å². The quantitative estimate of drug-likeness (QED) is 0.683. The summed E-state index contributed by atoms with van der Waals surface area (Å²) in [5, 5.41) is 0. The average molecular weight is 276 g/mol. The molecular formula is C14H20N4O2. The number of nitrogen functional groups attached to an aromatic ring is 1. The minimum Gasteiger partial charge on any atom is -0.397 e. The van der Waals surface area contributed by atoms with Crippen LogP contribution in [0.25, 0.3) is 0 Å². The first kappa shape index (κ1) is 14.2. The largest absolute Gasteiger partial charge is 0.397 e. The van der Waals surface area contributed by atoms with Crippen molar-refractivity contribution >= 4 is 23.2 Å². The van der Waals surface area contributed by atoms with Gasteiger partial charge in [0.25, 0.3) is 5.91 Å². The first-order chi connectivity index (χ1) is 9.50. The lowest BCUT2D eigenvalue weighted by Gasteiger charge is -2.32. The summed E-state index contributed by atoms with van der Waals surface area (Å²) in [6.07, 6.45) is 4.11. The molecule has 0 saturated heterocycles. The fourth-order valence-electron chi connectivity index (χ4n) is 2.86. The number of benzene rings is 1. The van der Waals surface area contributed by atoms with Crippen LogP contribution >= 0.6 is 0 Å². The van der Waals surface area contributed by atoms with Crippen molar-refractivity contribution in [3.63, 3.8) is 0 Å². The van der Waals surface area contributed by atoms with Gasteiger partial charge in [0.1, 0.15) is 0 Å². The van der Waals surface area contributed by atoms with E-state index < -0.39 is 11.8 Å². The topological polar surface area (TPSA) is 115 Å². The van der Waals surface area contributed by atoms with Crippen LogP contribution < -0.4 is 22.1 Å². The van der Waals surface area contributed by atoms with E-state index in [0.717, 1.165) is 25.7 Å². The SMILES string of the molecule is NC(=O)CN(c1c(N)cccc1C(N)=O)C1CCCC1. The Morgan fingerprint density at radius 2 is 1.85 bits per heavy atom. The maximum absolute atomic E-state index is 11.6. The third-order valence-electron chi connectivity index (χ3n) is 3.71. The highest BCUT2D eigenvalue weighted by atomic mass is 16.1. The van der Waals surface area contributed by atoms with Crippen LogP contribution in [0.1, 0.15) is 36.0 Å². The van der Waals surface area contributed by atoms with E-state index in [1.54, 1.807) is 18.2 Å². The van der Waals surface area contributed by atoms with E-state index in [4.69, 9.17) is 17.2 Å². The van der Waals surface area contributed by atoms with E-state index in [2.05, 4.69) is 0 Å². The second kappa shape index (κ2) is 5.81. The highest BCUT2D eigenvalue weighted by Gasteiger charge is 2.28. The highest BCUT2D eigenvalue weighted by molar-refractivity contribution is 6.02. The molecule has 0 heterocycles. The standard InChI is InChI=1S/C14H20N4O2/c15-11-7-3-6-10(14(17)20)13(11)18(8-12(16)19)9-4-1-2-5-9/h3,6-7,9H,1-2,4-5,8,15H2,(H2,16,19)(H2,17,20). The van der Waals surface area contributed by atoms with Crippen molar-refractivity contribution in [2.75, 3.05) is 17.2 Å². The molecule has 20 heavy (non-hydrogen) atoms. The molecule has 2 amide bonds. The molecule has 0 atom stereocenters. The van der Waals surface area contributed by atoms with Crippen LogP contribution in [0, 0.1) is 0 Å². The van der Waals surface area contributed by atoms with Crippen molar-refractivity contribution in [3.8, 4) is 0 Å². The Bertz CT molecular complexity index is 524. The second-order valence-electron chi connectivity index (χ2n) is 5.14. The molecule has 1 fully saturated rings. The minimum atomic E-state index is -0.556. The van der Waals surface area contributed by atoms with Crippen LogP contribution in [0.3, 0.4) is 0 Å². The Balaban J connectivity index is 2.46. The van der Waals surface area contributed by atoms with Gasteiger partial charge in [-0.15, -0.1) is 0 Å². The fraction of sp³-hybridized carbons (Fsp3) is 0.429. The Hall–Kier alpha value is -2.24. The van der Waals surface area contributed by atoms with E-state index >= 15 is 0 Å². The summed E-state index contributed by atoms with van der Waals surface area (Å²) in [7, 11) is 0. The van der Waals surface area contributed by atoms with Crippen LogP contribution in [0.5, 0.6) is 0 Å². The molecular weight excluding hydrogens is 256 g/mol. The van der Waals surface area contributed by atoms with Crippen LogP contribution in [0.15, 0.2) is 18.2 Å². The van der Waals surface area contributed by atoms with E-state index in [0.29, 0.717) is 16.9 Å². The summed E-state index contributed by atoms with van der Waals surface area (Å²) >= 11 is 0. The first-order valence-electron chi connectivity index (χ1n) is 6.74. The molecule has 0 bridgehead atoms. The maximum Gasteiger partial charge on any atom is 0.250 e. The molecule has 0 aliphatic heterocycles. The lowest BCUT2D eigenvalue weighted by molar-refractivity contribution is -0.116. The number of anilines is 2. The molecule has 0 radical (unpaired) electrons. The van der Waals surface area contributed by atoms with Crippen LogP contribution in [0.4, 0.5) is 11.4 Å². The molecule has 1 aliphatic carbocycles. The fourth-order valence-corrected chi connectivity index (χ4v) is 2.86. The van der Waals surface area contributed by atoms with Crippen LogP contribution in [0.2, 0.25) is 0 Å². The number of para-hydroxylation sites is 1. The second-order valence-corrected chi connectivity index (χ2v) is 5.14. The highest BCUT2D eigenvalue weighted by Crippen LogP contribution is 2.34. The van der Waals surface area contributed by atoms with E-state index in [1.165, 1.54) is 0 Å². The van der Waals surface area contributed by atoms with E-state index in [9.17, 15) is 9.59 Å². The van der Waals surface area contributed by atoms with Crippen molar-refractivity contribution in [3.05, 3.63) is 23.8 Å². The number of rotatable bonds is 5. The minimum absolute atomic E-state index is 0.0408. The summed E-state index contributed by atoms with van der Waals surface area (Å²) < 4.78 is 0. The summed E-state index contributed by atoms with van der Waals surface area (Å²) in [4.78, 5) is 24.8. The number of hydrogen-bond acceptors (Lipinski definition) is 4. The third kappa shape index (κ3) is 2.84. The van der Waals surface area contributed by atoms with Gasteiger partial charge < -0.3 is 22.1 Å². The van der Waals surface area contributed by atoms with Gasteiger partial charge in [-0.1, -0.05) is 18.9 Å². The molecule has 1 aromatic carbocycles. The van der Waals surface area contributed by atoms with Gasteiger partial charge >= 0.3 is 0 Å². The lowest BCUT2D eigenvalue weighted by atomic mass is 10.1. The van der Waals surface area contributed by atoms with Crippen LogP contribution in [-0.4, -0.2) is 24.4 Å². The predicted molar refractivity (Wildman–Crippen MR) is 78.2 cm³/mol. The van der Waals surface area contributed by atoms with Crippen molar-refractivity contribution in [2.45, 2.75) is 31.7 Å². The Kier molecular flexibility index (Phi) is 4.12. The Labute approximate surface area is 117 Å². The van der Waals surface area contributed by atoms with Crippen molar-refractivity contribution in [1.82, 2.24) is 0 Å².